The number of aryl methyl sites for hydroxylation is 1. The number of benzene rings is 2. The van der Waals surface area contributed by atoms with Crippen LogP contribution < -0.4 is 10.6 Å². The summed E-state index contributed by atoms with van der Waals surface area (Å²) in [6.45, 7) is 2.36. The Morgan fingerprint density at radius 3 is 2.52 bits per heavy atom. The molecule has 0 aliphatic carbocycles. The summed E-state index contributed by atoms with van der Waals surface area (Å²) < 4.78 is 0. The number of carbonyl (C=O) groups excluding carboxylic acids is 1. The molecule has 0 fully saturated rings. The van der Waals surface area contributed by atoms with Gasteiger partial charge < -0.3 is 15.7 Å². The van der Waals surface area contributed by atoms with Crippen LogP contribution in [-0.4, -0.2) is 33.5 Å². The van der Waals surface area contributed by atoms with Crippen molar-refractivity contribution >= 4 is 23.4 Å². The minimum absolute atomic E-state index is 0.161. The van der Waals surface area contributed by atoms with Crippen molar-refractivity contribution in [1.29, 1.82) is 0 Å². The molecule has 3 rings (SSSR count). The van der Waals surface area contributed by atoms with E-state index >= 15 is 0 Å². The molecular weight excluding hydrogens is 392 g/mol. The number of carbonyl (C=O) groups is 2. The van der Waals surface area contributed by atoms with Crippen molar-refractivity contribution in [2.75, 3.05) is 11.9 Å². The number of aromatic nitrogens is 2. The Kier molecular flexibility index (Phi) is 7.70. The van der Waals surface area contributed by atoms with E-state index in [2.05, 4.69) is 20.6 Å². The summed E-state index contributed by atoms with van der Waals surface area (Å²) >= 11 is 0. The molecule has 31 heavy (non-hydrogen) atoms. The van der Waals surface area contributed by atoms with Crippen LogP contribution in [0.2, 0.25) is 0 Å². The molecule has 0 saturated carbocycles. The standard InChI is InChI=1S/C24H26N4O3/c1-17-26-21(18-9-4-2-5-10-18)16-22(27-17)28-20-12-8-11-19(15-20)24(31)25-14-7-3-6-13-23(29)30/h2,4-5,8-12,15-16H,3,6-7,13-14H2,1H3,(H,25,31)(H,29,30)(H,26,27,28). The molecule has 1 aromatic heterocycles. The van der Waals surface area contributed by atoms with Gasteiger partial charge in [-0.2, -0.15) is 0 Å². The van der Waals surface area contributed by atoms with E-state index in [0.717, 1.165) is 29.8 Å². The van der Waals surface area contributed by atoms with Gasteiger partial charge in [-0.15, -0.1) is 0 Å². The highest BCUT2D eigenvalue weighted by Crippen LogP contribution is 2.22. The van der Waals surface area contributed by atoms with Crippen molar-refractivity contribution < 1.29 is 14.7 Å². The summed E-state index contributed by atoms with van der Waals surface area (Å²) in [5.41, 5.74) is 3.13. The molecule has 0 saturated heterocycles. The van der Waals surface area contributed by atoms with E-state index in [1.54, 1.807) is 12.1 Å². The Morgan fingerprint density at radius 2 is 1.74 bits per heavy atom. The fraction of sp³-hybridized carbons (Fsp3) is 0.250. The Balaban J connectivity index is 1.61. The lowest BCUT2D eigenvalue weighted by Gasteiger charge is -2.10. The lowest BCUT2D eigenvalue weighted by molar-refractivity contribution is -0.137. The van der Waals surface area contributed by atoms with Crippen LogP contribution in [0.15, 0.2) is 60.7 Å². The molecule has 0 radical (unpaired) electrons. The van der Waals surface area contributed by atoms with Gasteiger partial charge in [0.15, 0.2) is 0 Å². The molecule has 0 unspecified atom stereocenters. The quantitative estimate of drug-likeness (QED) is 0.417. The first-order chi connectivity index (χ1) is 15.0. The molecule has 0 aliphatic heterocycles. The number of unbranched alkanes of at least 4 members (excludes halogenated alkanes) is 2. The second-order valence-electron chi connectivity index (χ2n) is 7.22. The van der Waals surface area contributed by atoms with Gasteiger partial charge in [-0.25, -0.2) is 9.97 Å². The van der Waals surface area contributed by atoms with Gasteiger partial charge in [-0.1, -0.05) is 42.8 Å². The van der Waals surface area contributed by atoms with Crippen molar-refractivity contribution in [3.8, 4) is 11.3 Å². The first-order valence-electron chi connectivity index (χ1n) is 10.3. The van der Waals surface area contributed by atoms with Crippen LogP contribution in [-0.2, 0) is 4.79 Å². The van der Waals surface area contributed by atoms with Gasteiger partial charge in [0.05, 0.1) is 5.69 Å². The van der Waals surface area contributed by atoms with Crippen LogP contribution in [0, 0.1) is 6.92 Å². The summed E-state index contributed by atoms with van der Waals surface area (Å²) in [4.78, 5) is 31.9. The van der Waals surface area contributed by atoms with E-state index in [9.17, 15) is 9.59 Å². The molecule has 2 aromatic carbocycles. The second-order valence-corrected chi connectivity index (χ2v) is 7.22. The average Bonchev–Trinajstić information content (AvgIpc) is 2.76. The third-order valence-electron chi connectivity index (χ3n) is 4.66. The van der Waals surface area contributed by atoms with Gasteiger partial charge in [0.25, 0.3) is 5.91 Å². The molecule has 0 bridgehead atoms. The normalized spacial score (nSPS) is 10.5. The monoisotopic (exact) mass is 418 g/mol. The lowest BCUT2D eigenvalue weighted by atomic mass is 10.1. The van der Waals surface area contributed by atoms with Crippen molar-refractivity contribution in [1.82, 2.24) is 15.3 Å². The Labute approximate surface area is 181 Å². The van der Waals surface area contributed by atoms with Crippen LogP contribution >= 0.6 is 0 Å². The maximum atomic E-state index is 12.4. The van der Waals surface area contributed by atoms with Gasteiger partial charge in [-0.05, 0) is 38.0 Å². The molecule has 0 aliphatic rings. The van der Waals surface area contributed by atoms with Crippen LogP contribution in [0.1, 0.15) is 41.9 Å². The fourth-order valence-corrected chi connectivity index (χ4v) is 3.16. The predicted molar refractivity (Wildman–Crippen MR) is 120 cm³/mol. The number of nitrogens with one attached hydrogen (secondary N) is 2. The van der Waals surface area contributed by atoms with Crippen molar-refractivity contribution in [2.24, 2.45) is 0 Å². The average molecular weight is 418 g/mol. The molecule has 0 spiro atoms. The van der Waals surface area contributed by atoms with Crippen LogP contribution in [0.25, 0.3) is 11.3 Å². The third kappa shape index (κ3) is 6.92. The van der Waals surface area contributed by atoms with Gasteiger partial charge >= 0.3 is 5.97 Å². The lowest BCUT2D eigenvalue weighted by Crippen LogP contribution is -2.24. The number of rotatable bonds is 10. The van der Waals surface area contributed by atoms with Gasteiger partial charge in [0, 0.05) is 35.8 Å². The molecule has 1 heterocycles. The number of carboxylic acid groups (broad SMARTS) is 1. The first kappa shape index (κ1) is 22.0. The summed E-state index contributed by atoms with van der Waals surface area (Å²) in [7, 11) is 0. The van der Waals surface area contributed by atoms with Gasteiger partial charge in [-0.3, -0.25) is 9.59 Å². The number of aliphatic carboxylic acids is 1. The Morgan fingerprint density at radius 1 is 0.935 bits per heavy atom. The Bertz CT molecular complexity index is 1040. The molecule has 3 N–H and O–H groups in total. The fourth-order valence-electron chi connectivity index (χ4n) is 3.16. The van der Waals surface area contributed by atoms with Crippen LogP contribution in [0.5, 0.6) is 0 Å². The summed E-state index contributed by atoms with van der Waals surface area (Å²) in [5, 5.41) is 14.8. The SMILES string of the molecule is Cc1nc(Nc2cccc(C(=O)NCCCCCC(=O)O)c2)cc(-c2ccccc2)n1. The second kappa shape index (κ2) is 10.9. The van der Waals surface area contributed by atoms with E-state index in [0.29, 0.717) is 30.2 Å². The summed E-state index contributed by atoms with van der Waals surface area (Å²) in [5.74, 6) is 0.358. The number of nitrogens with zero attached hydrogens (tertiary/aromatic N) is 2. The van der Waals surface area contributed by atoms with Crippen LogP contribution in [0.4, 0.5) is 11.5 Å². The zero-order chi connectivity index (χ0) is 22.1. The summed E-state index contributed by atoms with van der Waals surface area (Å²) in [6.07, 6.45) is 2.30. The number of anilines is 2. The predicted octanol–water partition coefficient (Wildman–Crippen LogP) is 4.57. The van der Waals surface area contributed by atoms with E-state index in [1.807, 2.05) is 55.5 Å². The number of amides is 1. The van der Waals surface area contributed by atoms with Crippen molar-refractivity contribution in [3.05, 3.63) is 72.1 Å². The molecule has 160 valence electrons. The van der Waals surface area contributed by atoms with E-state index in [-0.39, 0.29) is 12.3 Å². The van der Waals surface area contributed by atoms with Gasteiger partial charge in [0.2, 0.25) is 0 Å². The van der Waals surface area contributed by atoms with Gasteiger partial charge in [0.1, 0.15) is 11.6 Å². The van der Waals surface area contributed by atoms with Crippen molar-refractivity contribution in [3.63, 3.8) is 0 Å². The maximum absolute atomic E-state index is 12.4. The number of carboxylic acids is 1. The zero-order valence-corrected chi connectivity index (χ0v) is 17.5. The highest BCUT2D eigenvalue weighted by Gasteiger charge is 2.08. The molecule has 3 aromatic rings. The first-order valence-corrected chi connectivity index (χ1v) is 10.3. The Hall–Kier alpha value is -3.74. The summed E-state index contributed by atoms with van der Waals surface area (Å²) in [6, 6.07) is 19.0. The molecule has 7 heteroatoms. The number of hydrogen-bond donors (Lipinski definition) is 3. The molecule has 0 atom stereocenters. The van der Waals surface area contributed by atoms with Crippen molar-refractivity contribution in [2.45, 2.75) is 32.6 Å². The highest BCUT2D eigenvalue weighted by atomic mass is 16.4. The minimum Gasteiger partial charge on any atom is -0.481 e. The zero-order valence-electron chi connectivity index (χ0n) is 17.5. The van der Waals surface area contributed by atoms with Crippen LogP contribution in [0.3, 0.4) is 0 Å². The topological polar surface area (TPSA) is 104 Å². The molecular formula is C24H26N4O3. The van der Waals surface area contributed by atoms with E-state index in [4.69, 9.17) is 5.11 Å². The third-order valence-corrected chi connectivity index (χ3v) is 4.66. The smallest absolute Gasteiger partial charge is 0.303 e. The maximum Gasteiger partial charge on any atom is 0.303 e. The number of hydrogen-bond acceptors (Lipinski definition) is 5. The van der Waals surface area contributed by atoms with E-state index in [1.165, 1.54) is 0 Å². The molecule has 1 amide bonds. The minimum atomic E-state index is -0.789. The molecule has 7 nitrogen and oxygen atoms in total. The highest BCUT2D eigenvalue weighted by molar-refractivity contribution is 5.95. The van der Waals surface area contributed by atoms with E-state index < -0.39 is 5.97 Å². The largest absolute Gasteiger partial charge is 0.481 e.